The van der Waals surface area contributed by atoms with Crippen molar-refractivity contribution in [2.75, 3.05) is 0 Å². The second kappa shape index (κ2) is 4.40. The molecule has 2 aromatic rings. The van der Waals surface area contributed by atoms with Crippen LogP contribution in [0, 0.1) is 4.77 Å². The van der Waals surface area contributed by atoms with E-state index in [0.717, 1.165) is 5.56 Å². The smallest absolute Gasteiger partial charge is 0.251 e. The van der Waals surface area contributed by atoms with Crippen molar-refractivity contribution in [1.29, 1.82) is 0 Å². The number of hydrogen-bond donors (Lipinski definition) is 1. The van der Waals surface area contributed by atoms with Crippen LogP contribution in [-0.2, 0) is 0 Å². The maximum absolute atomic E-state index is 11.1. The lowest BCUT2D eigenvalue weighted by Crippen LogP contribution is -2.15. The molecule has 0 aliphatic heterocycles. The molecule has 0 aliphatic carbocycles. The summed E-state index contributed by atoms with van der Waals surface area (Å²) in [5, 5.41) is 0. The second-order valence-corrected chi connectivity index (χ2v) is 3.86. The Kier molecular flexibility index (Phi) is 2.96. The minimum Gasteiger partial charge on any atom is -0.318 e. The predicted molar refractivity (Wildman–Crippen MR) is 63.9 cm³/mol. The summed E-state index contributed by atoms with van der Waals surface area (Å²) in [6.45, 7) is 2.02. The monoisotopic (exact) mass is 233 g/mol. The highest BCUT2D eigenvalue weighted by Gasteiger charge is 2.06. The summed E-state index contributed by atoms with van der Waals surface area (Å²) in [6.07, 6.45) is 5.18. The first kappa shape index (κ1) is 10.8. The number of hydrogen-bond acceptors (Lipinski definition) is 3. The zero-order chi connectivity index (χ0) is 11.5. The summed E-state index contributed by atoms with van der Waals surface area (Å²) in [7, 11) is 0. The van der Waals surface area contributed by atoms with Crippen LogP contribution < -0.4 is 5.56 Å². The molecule has 0 bridgehead atoms. The normalized spacial score (nSPS) is 12.3. The molecule has 0 saturated carbocycles. The molecule has 0 saturated heterocycles. The fraction of sp³-hybridized carbons (Fsp3) is 0.182. The molecule has 0 radical (unpaired) electrons. The molecule has 2 aromatic heterocycles. The van der Waals surface area contributed by atoms with Gasteiger partial charge in [-0.15, -0.1) is 0 Å². The third-order valence-electron chi connectivity index (χ3n) is 2.46. The lowest BCUT2D eigenvalue weighted by atomic mass is 10.1. The van der Waals surface area contributed by atoms with Crippen molar-refractivity contribution in [2.45, 2.75) is 13.0 Å². The van der Waals surface area contributed by atoms with Crippen LogP contribution in [0.4, 0.5) is 0 Å². The van der Waals surface area contributed by atoms with E-state index in [4.69, 9.17) is 12.2 Å². The molecule has 82 valence electrons. The Morgan fingerprint density at radius 3 is 2.69 bits per heavy atom. The average molecular weight is 233 g/mol. The van der Waals surface area contributed by atoms with E-state index in [1.807, 2.05) is 23.6 Å². The number of H-pyrrole nitrogens is 1. The highest BCUT2D eigenvalue weighted by Crippen LogP contribution is 2.15. The number of nitrogens with zero attached hydrogens (tertiary/aromatic N) is 2. The minimum atomic E-state index is -0.178. The lowest BCUT2D eigenvalue weighted by molar-refractivity contribution is 0.609. The van der Waals surface area contributed by atoms with Gasteiger partial charge in [-0.2, -0.15) is 0 Å². The molecule has 0 amide bonds. The van der Waals surface area contributed by atoms with Crippen LogP contribution >= 0.6 is 12.2 Å². The Morgan fingerprint density at radius 2 is 2.06 bits per heavy atom. The van der Waals surface area contributed by atoms with Crippen LogP contribution in [0.2, 0.25) is 0 Å². The molecule has 0 fully saturated rings. The number of pyridine rings is 1. The predicted octanol–water partition coefficient (Wildman–Crippen LogP) is 1.91. The fourth-order valence-electron chi connectivity index (χ4n) is 1.53. The topological polar surface area (TPSA) is 50.7 Å². The molecule has 1 N–H and O–H groups in total. The van der Waals surface area contributed by atoms with Gasteiger partial charge in [0.05, 0.1) is 6.04 Å². The molecule has 4 nitrogen and oxygen atoms in total. The molecule has 1 unspecified atom stereocenters. The largest absolute Gasteiger partial charge is 0.318 e. The maximum Gasteiger partial charge on any atom is 0.251 e. The van der Waals surface area contributed by atoms with E-state index in [1.165, 1.54) is 6.07 Å². The van der Waals surface area contributed by atoms with Crippen LogP contribution in [0.1, 0.15) is 18.5 Å². The van der Waals surface area contributed by atoms with Crippen LogP contribution in [0.25, 0.3) is 0 Å². The van der Waals surface area contributed by atoms with Crippen molar-refractivity contribution >= 4 is 12.2 Å². The van der Waals surface area contributed by atoms with Crippen LogP contribution in [0.5, 0.6) is 0 Å². The van der Waals surface area contributed by atoms with Crippen LogP contribution in [0.15, 0.2) is 41.6 Å². The van der Waals surface area contributed by atoms with Gasteiger partial charge in [-0.1, -0.05) is 0 Å². The summed E-state index contributed by atoms with van der Waals surface area (Å²) < 4.78 is 2.27. The third kappa shape index (κ3) is 2.09. The van der Waals surface area contributed by atoms with Gasteiger partial charge in [0, 0.05) is 24.7 Å². The summed E-state index contributed by atoms with van der Waals surface area (Å²) in [5.41, 5.74) is 0.918. The average Bonchev–Trinajstić information content (AvgIpc) is 2.29. The van der Waals surface area contributed by atoms with E-state index < -0.39 is 0 Å². The Balaban J connectivity index is 2.46. The molecule has 0 spiro atoms. The van der Waals surface area contributed by atoms with E-state index in [2.05, 4.69) is 9.97 Å². The van der Waals surface area contributed by atoms with Gasteiger partial charge in [0.15, 0.2) is 4.77 Å². The molecule has 5 heteroatoms. The van der Waals surface area contributed by atoms with Gasteiger partial charge >= 0.3 is 0 Å². The van der Waals surface area contributed by atoms with Gasteiger partial charge in [-0.05, 0) is 36.8 Å². The van der Waals surface area contributed by atoms with Gasteiger partial charge in [-0.3, -0.25) is 14.8 Å². The van der Waals surface area contributed by atoms with Crippen molar-refractivity contribution in [3.05, 3.63) is 57.5 Å². The molecule has 0 aromatic carbocycles. The highest BCUT2D eigenvalue weighted by atomic mass is 32.1. The van der Waals surface area contributed by atoms with Crippen molar-refractivity contribution < 1.29 is 0 Å². The quantitative estimate of drug-likeness (QED) is 0.806. The first-order valence-corrected chi connectivity index (χ1v) is 5.30. The Morgan fingerprint density at radius 1 is 1.38 bits per heavy atom. The van der Waals surface area contributed by atoms with Gasteiger partial charge in [0.2, 0.25) is 0 Å². The van der Waals surface area contributed by atoms with E-state index in [-0.39, 0.29) is 11.6 Å². The number of nitrogens with one attached hydrogen (secondary N) is 1. The summed E-state index contributed by atoms with van der Waals surface area (Å²) >= 11 is 5.11. The summed E-state index contributed by atoms with van der Waals surface area (Å²) in [4.78, 5) is 17.6. The molecule has 0 aliphatic rings. The van der Waals surface area contributed by atoms with Gasteiger partial charge in [0.1, 0.15) is 0 Å². The van der Waals surface area contributed by atoms with E-state index >= 15 is 0 Å². The standard InChI is InChI=1S/C11H11N3OS/c1-8(9-2-5-12-6-3-9)14-7-4-10(15)13-11(14)16/h2-8H,1H3,(H,13,15,16). The van der Waals surface area contributed by atoms with Crippen molar-refractivity contribution in [3.63, 3.8) is 0 Å². The second-order valence-electron chi connectivity index (χ2n) is 3.47. The zero-order valence-corrected chi connectivity index (χ0v) is 9.57. The van der Waals surface area contributed by atoms with E-state index in [1.54, 1.807) is 18.6 Å². The molecular formula is C11H11N3OS. The van der Waals surface area contributed by atoms with Crippen LogP contribution in [-0.4, -0.2) is 14.5 Å². The SMILES string of the molecule is CC(c1ccncc1)n1ccc(=O)[nH]c1=S. The first-order valence-electron chi connectivity index (χ1n) is 4.90. The lowest BCUT2D eigenvalue weighted by Gasteiger charge is -2.15. The fourth-order valence-corrected chi connectivity index (χ4v) is 1.85. The Bertz CT molecular complexity index is 588. The van der Waals surface area contributed by atoms with E-state index in [0.29, 0.717) is 4.77 Å². The number of aromatic nitrogens is 3. The molecule has 2 rings (SSSR count). The maximum atomic E-state index is 11.1. The van der Waals surface area contributed by atoms with E-state index in [9.17, 15) is 4.79 Å². The zero-order valence-electron chi connectivity index (χ0n) is 8.75. The van der Waals surface area contributed by atoms with Crippen molar-refractivity contribution in [1.82, 2.24) is 14.5 Å². The minimum absolute atomic E-state index is 0.0762. The molecule has 2 heterocycles. The first-order chi connectivity index (χ1) is 7.68. The molecule has 1 atom stereocenters. The highest BCUT2D eigenvalue weighted by molar-refractivity contribution is 7.71. The van der Waals surface area contributed by atoms with Gasteiger partial charge in [-0.25, -0.2) is 0 Å². The Labute approximate surface area is 97.6 Å². The van der Waals surface area contributed by atoms with Crippen LogP contribution in [0.3, 0.4) is 0 Å². The summed E-state index contributed by atoms with van der Waals surface area (Å²) in [5.74, 6) is 0. The number of rotatable bonds is 2. The van der Waals surface area contributed by atoms with Crippen molar-refractivity contribution in [2.24, 2.45) is 0 Å². The Hall–Kier alpha value is -1.75. The number of aromatic amines is 1. The van der Waals surface area contributed by atoms with Gasteiger partial charge < -0.3 is 4.57 Å². The summed E-state index contributed by atoms with van der Waals surface area (Å²) in [6, 6.07) is 5.40. The third-order valence-corrected chi connectivity index (χ3v) is 2.77. The molecule has 16 heavy (non-hydrogen) atoms. The molecular weight excluding hydrogens is 222 g/mol. The van der Waals surface area contributed by atoms with Gasteiger partial charge in [0.25, 0.3) is 5.56 Å². The van der Waals surface area contributed by atoms with Crippen molar-refractivity contribution in [3.8, 4) is 0 Å².